The number of aromatic nitrogens is 2. The molecule has 1 heterocycles. The molecular formula is C22H20Cl2N2O5. The number of carboxylic acid groups (broad SMARTS) is 2. The van der Waals surface area contributed by atoms with E-state index in [1.165, 1.54) is 0 Å². The van der Waals surface area contributed by atoms with E-state index < -0.39 is 11.9 Å². The van der Waals surface area contributed by atoms with Crippen molar-refractivity contribution in [3.63, 3.8) is 0 Å². The highest BCUT2D eigenvalue weighted by atomic mass is 35.5. The Hall–Kier alpha value is -3.29. The summed E-state index contributed by atoms with van der Waals surface area (Å²) in [6.07, 6.45) is 5.44. The summed E-state index contributed by atoms with van der Waals surface area (Å²) in [5.41, 5.74) is 3.98. The first-order valence-corrected chi connectivity index (χ1v) is 9.70. The van der Waals surface area contributed by atoms with E-state index in [2.05, 4.69) is 17.6 Å². The molecule has 2 N–H and O–H groups in total. The molecule has 1 aromatic heterocycles. The van der Waals surface area contributed by atoms with Crippen LogP contribution in [-0.2, 0) is 22.7 Å². The maximum absolute atomic E-state index is 9.10. The average Bonchev–Trinajstić information content (AvgIpc) is 3.21. The molecule has 7 nitrogen and oxygen atoms in total. The number of halogens is 2. The zero-order chi connectivity index (χ0) is 23.0. The molecule has 0 fully saturated rings. The first-order valence-electron chi connectivity index (χ1n) is 8.95. The number of hydrogen-bond donors (Lipinski definition) is 2. The van der Waals surface area contributed by atoms with Gasteiger partial charge in [0.1, 0.15) is 12.4 Å². The maximum Gasteiger partial charge on any atom is 0.414 e. The molecule has 0 saturated heterocycles. The first-order chi connectivity index (χ1) is 14.7. The van der Waals surface area contributed by atoms with Crippen LogP contribution in [0.15, 0.2) is 61.7 Å². The SMILES string of the molecule is C=C(Cn1ccnc1)c1cc(C)ccc1OCc1ccc(Cl)cc1Cl.O=C(O)C(=O)O. The predicted molar refractivity (Wildman–Crippen MR) is 119 cm³/mol. The summed E-state index contributed by atoms with van der Waals surface area (Å²) in [5.74, 6) is -2.87. The van der Waals surface area contributed by atoms with Crippen molar-refractivity contribution in [2.45, 2.75) is 20.1 Å². The van der Waals surface area contributed by atoms with Crippen LogP contribution in [0.2, 0.25) is 10.0 Å². The minimum Gasteiger partial charge on any atom is -0.488 e. The summed E-state index contributed by atoms with van der Waals surface area (Å²) >= 11 is 12.2. The van der Waals surface area contributed by atoms with E-state index in [0.717, 1.165) is 28.0 Å². The highest BCUT2D eigenvalue weighted by molar-refractivity contribution is 6.35. The molecule has 0 amide bonds. The third-order valence-electron chi connectivity index (χ3n) is 4.03. The second-order valence-electron chi connectivity index (χ2n) is 6.47. The summed E-state index contributed by atoms with van der Waals surface area (Å²) in [4.78, 5) is 22.3. The predicted octanol–water partition coefficient (Wildman–Crippen LogP) is 4.95. The van der Waals surface area contributed by atoms with E-state index in [-0.39, 0.29) is 0 Å². The van der Waals surface area contributed by atoms with Gasteiger partial charge in [-0.1, -0.05) is 47.5 Å². The normalized spacial score (nSPS) is 10.0. The van der Waals surface area contributed by atoms with E-state index in [9.17, 15) is 0 Å². The van der Waals surface area contributed by atoms with Gasteiger partial charge in [0.05, 0.1) is 6.33 Å². The Morgan fingerprint density at radius 2 is 1.84 bits per heavy atom. The molecule has 0 unspecified atom stereocenters. The van der Waals surface area contributed by atoms with Crippen LogP contribution in [0, 0.1) is 6.92 Å². The number of allylic oxidation sites excluding steroid dienone is 1. The fraction of sp³-hybridized carbons (Fsp3) is 0.136. The lowest BCUT2D eigenvalue weighted by Crippen LogP contribution is -2.09. The van der Waals surface area contributed by atoms with Gasteiger partial charge in [-0.15, -0.1) is 0 Å². The van der Waals surface area contributed by atoms with Crippen molar-refractivity contribution in [3.8, 4) is 5.75 Å². The highest BCUT2D eigenvalue weighted by Gasteiger charge is 2.10. The third kappa shape index (κ3) is 7.47. The molecule has 0 aliphatic carbocycles. The molecule has 3 rings (SSSR count). The zero-order valence-corrected chi connectivity index (χ0v) is 18.1. The Morgan fingerprint density at radius 3 is 2.42 bits per heavy atom. The lowest BCUT2D eigenvalue weighted by atomic mass is 10.0. The minimum absolute atomic E-state index is 0.365. The van der Waals surface area contributed by atoms with Crippen LogP contribution < -0.4 is 4.74 Å². The Labute approximate surface area is 189 Å². The van der Waals surface area contributed by atoms with Crippen LogP contribution >= 0.6 is 23.2 Å². The molecule has 9 heteroatoms. The molecule has 0 spiro atoms. The maximum atomic E-state index is 9.10. The molecule has 0 saturated carbocycles. The number of aryl methyl sites for hydroxylation is 1. The number of carboxylic acids is 2. The van der Waals surface area contributed by atoms with Crippen molar-refractivity contribution in [2.75, 3.05) is 0 Å². The Bertz CT molecular complexity index is 1070. The van der Waals surface area contributed by atoms with Gasteiger partial charge >= 0.3 is 11.9 Å². The third-order valence-corrected chi connectivity index (χ3v) is 4.62. The van der Waals surface area contributed by atoms with Crippen LogP contribution in [0.1, 0.15) is 16.7 Å². The second-order valence-corrected chi connectivity index (χ2v) is 7.32. The summed E-state index contributed by atoms with van der Waals surface area (Å²) in [7, 11) is 0. The smallest absolute Gasteiger partial charge is 0.414 e. The number of carbonyl (C=O) groups is 2. The fourth-order valence-electron chi connectivity index (χ4n) is 2.53. The molecule has 0 aliphatic rings. The van der Waals surface area contributed by atoms with E-state index in [4.69, 9.17) is 47.7 Å². The number of hydrogen-bond acceptors (Lipinski definition) is 4. The van der Waals surface area contributed by atoms with Crippen LogP contribution in [0.5, 0.6) is 5.75 Å². The zero-order valence-electron chi connectivity index (χ0n) is 16.6. The van der Waals surface area contributed by atoms with E-state index in [1.807, 2.05) is 35.9 Å². The van der Waals surface area contributed by atoms with Crippen molar-refractivity contribution in [1.29, 1.82) is 0 Å². The van der Waals surface area contributed by atoms with Crippen molar-refractivity contribution in [3.05, 3.63) is 88.4 Å². The molecule has 0 bridgehead atoms. The van der Waals surface area contributed by atoms with Crippen LogP contribution in [-0.4, -0.2) is 31.7 Å². The quantitative estimate of drug-likeness (QED) is 0.502. The highest BCUT2D eigenvalue weighted by Crippen LogP contribution is 2.29. The molecule has 162 valence electrons. The van der Waals surface area contributed by atoms with Crippen molar-refractivity contribution in [1.82, 2.24) is 9.55 Å². The van der Waals surface area contributed by atoms with Gasteiger partial charge in [-0.2, -0.15) is 0 Å². The second kappa shape index (κ2) is 11.2. The minimum atomic E-state index is -1.82. The van der Waals surface area contributed by atoms with Gasteiger partial charge in [-0.05, 0) is 36.8 Å². The number of nitrogens with zero attached hydrogens (tertiary/aromatic N) is 2. The van der Waals surface area contributed by atoms with Crippen molar-refractivity contribution in [2.24, 2.45) is 0 Å². The molecular weight excluding hydrogens is 443 g/mol. The molecule has 31 heavy (non-hydrogen) atoms. The molecule has 2 aromatic carbocycles. The number of rotatable bonds is 6. The Balaban J connectivity index is 0.000000501. The average molecular weight is 463 g/mol. The van der Waals surface area contributed by atoms with Gasteiger partial charge in [-0.25, -0.2) is 14.6 Å². The van der Waals surface area contributed by atoms with Gasteiger partial charge in [0, 0.05) is 40.1 Å². The largest absolute Gasteiger partial charge is 0.488 e. The van der Waals surface area contributed by atoms with Gasteiger partial charge in [0.15, 0.2) is 0 Å². The Morgan fingerprint density at radius 1 is 1.13 bits per heavy atom. The van der Waals surface area contributed by atoms with Gasteiger partial charge in [-0.3, -0.25) is 0 Å². The fourth-order valence-corrected chi connectivity index (χ4v) is 2.99. The number of imidazole rings is 1. The summed E-state index contributed by atoms with van der Waals surface area (Å²) in [6.45, 7) is 7.28. The van der Waals surface area contributed by atoms with E-state index in [0.29, 0.717) is 23.2 Å². The van der Waals surface area contributed by atoms with Crippen molar-refractivity contribution >= 4 is 40.7 Å². The van der Waals surface area contributed by atoms with E-state index >= 15 is 0 Å². The number of aliphatic carboxylic acids is 2. The number of ether oxygens (including phenoxy) is 1. The lowest BCUT2D eigenvalue weighted by molar-refractivity contribution is -0.159. The van der Waals surface area contributed by atoms with E-state index in [1.54, 1.807) is 24.7 Å². The topological polar surface area (TPSA) is 102 Å². The standard InChI is InChI=1S/C20H18Cl2N2O.C2H2O4/c1-14-3-6-20(25-12-16-4-5-17(21)10-19(16)22)18(9-14)15(2)11-24-8-7-23-13-24;3-1(4)2(5)6/h3-10,13H,2,11-12H2,1H3;(H,3,4)(H,5,6). The summed E-state index contributed by atoms with van der Waals surface area (Å²) in [6, 6.07) is 11.5. The van der Waals surface area contributed by atoms with Gasteiger partial charge in [0.25, 0.3) is 0 Å². The molecule has 0 atom stereocenters. The first kappa shape index (κ1) is 24.0. The molecule has 3 aromatic rings. The van der Waals surface area contributed by atoms with Crippen molar-refractivity contribution < 1.29 is 24.5 Å². The monoisotopic (exact) mass is 462 g/mol. The lowest BCUT2D eigenvalue weighted by Gasteiger charge is -2.15. The Kier molecular flexibility index (Phi) is 8.66. The number of benzene rings is 2. The van der Waals surface area contributed by atoms with Crippen LogP contribution in [0.3, 0.4) is 0 Å². The van der Waals surface area contributed by atoms with Gasteiger partial charge < -0.3 is 19.5 Å². The summed E-state index contributed by atoms with van der Waals surface area (Å²) < 4.78 is 8.00. The van der Waals surface area contributed by atoms with Crippen LogP contribution in [0.4, 0.5) is 0 Å². The molecule has 0 radical (unpaired) electrons. The molecule has 0 aliphatic heterocycles. The summed E-state index contributed by atoms with van der Waals surface area (Å²) in [5, 5.41) is 16.0. The van der Waals surface area contributed by atoms with Crippen LogP contribution in [0.25, 0.3) is 5.57 Å². The van der Waals surface area contributed by atoms with Gasteiger partial charge in [0.2, 0.25) is 0 Å².